The van der Waals surface area contributed by atoms with Gasteiger partial charge in [-0.3, -0.25) is 4.21 Å². The fraction of sp³-hybridized carbons (Fsp3) is 0.222. The summed E-state index contributed by atoms with van der Waals surface area (Å²) in [4.78, 5) is 2.42. The van der Waals surface area contributed by atoms with Crippen molar-refractivity contribution in [2.45, 2.75) is 11.8 Å². The normalized spacial score (nSPS) is 12.8. The zero-order chi connectivity index (χ0) is 13.1. The number of benzene rings is 1. The van der Waals surface area contributed by atoms with E-state index in [-0.39, 0.29) is 4.90 Å². The third-order valence-electron chi connectivity index (χ3n) is 1.99. The summed E-state index contributed by atoms with van der Waals surface area (Å²) in [5.41, 5.74) is 9.42. The molecule has 1 rings (SSSR count). The molecule has 8 heteroatoms. The number of aryl methyl sites for hydroxylation is 1. The lowest BCUT2D eigenvalue weighted by atomic mass is 10.2. The van der Waals surface area contributed by atoms with Gasteiger partial charge in [-0.15, -0.1) is 0 Å². The maximum Gasteiger partial charge on any atom is 0.397 e. The summed E-state index contributed by atoms with van der Waals surface area (Å²) in [7, 11) is -4.06. The molecule has 1 unspecified atom stereocenters. The van der Waals surface area contributed by atoms with Gasteiger partial charge in [0.2, 0.25) is 0 Å². The fourth-order valence-corrected chi connectivity index (χ4v) is 3.16. The Balaban J connectivity index is 3.23. The first-order valence-corrected chi connectivity index (χ1v) is 7.19. The molecular formula is C9H9N2O4S2-. The van der Waals surface area contributed by atoms with Crippen LogP contribution in [-0.2, 0) is 20.9 Å². The van der Waals surface area contributed by atoms with Crippen molar-refractivity contribution in [3.8, 4) is 0 Å². The van der Waals surface area contributed by atoms with Gasteiger partial charge in [0, 0.05) is 0 Å². The summed E-state index contributed by atoms with van der Waals surface area (Å²) in [6.45, 7) is 1.78. The second-order valence-corrected chi connectivity index (χ2v) is 6.10. The minimum Gasteiger partial charge on any atom is -0.772 e. The van der Waals surface area contributed by atoms with Crippen LogP contribution in [0.1, 0.15) is 5.56 Å². The Kier molecular flexibility index (Phi) is 4.30. The Bertz CT molecular complexity index is 586. The van der Waals surface area contributed by atoms with Crippen molar-refractivity contribution in [2.24, 2.45) is 0 Å². The summed E-state index contributed by atoms with van der Waals surface area (Å²) in [5, 5.41) is -0.797. The van der Waals surface area contributed by atoms with E-state index in [2.05, 4.69) is 4.79 Å². The van der Waals surface area contributed by atoms with Gasteiger partial charge in [0.25, 0.3) is 9.84 Å². The van der Waals surface area contributed by atoms with E-state index in [1.54, 1.807) is 19.1 Å². The summed E-state index contributed by atoms with van der Waals surface area (Å²) in [6, 6.07) is 5.78. The highest BCUT2D eigenvalue weighted by atomic mass is 32.2. The summed E-state index contributed by atoms with van der Waals surface area (Å²) in [5.74, 6) is -0.854. The molecule has 1 atom stereocenters. The quantitative estimate of drug-likeness (QED) is 0.259. The number of nitrogens with zero attached hydrogens (tertiary/aromatic N) is 2. The molecule has 0 heterocycles. The molecule has 0 spiro atoms. The van der Waals surface area contributed by atoms with Crippen LogP contribution in [0.25, 0.3) is 5.53 Å². The van der Waals surface area contributed by atoms with E-state index in [0.29, 0.717) is 0 Å². The average Bonchev–Trinajstić information content (AvgIpc) is 2.26. The van der Waals surface area contributed by atoms with Crippen LogP contribution in [0.2, 0.25) is 0 Å². The first kappa shape index (κ1) is 13.7. The molecule has 0 saturated carbocycles. The Morgan fingerprint density at radius 1 is 1.41 bits per heavy atom. The largest absolute Gasteiger partial charge is 0.772 e. The van der Waals surface area contributed by atoms with Crippen molar-refractivity contribution in [1.82, 2.24) is 0 Å². The number of rotatable bonds is 3. The van der Waals surface area contributed by atoms with Gasteiger partial charge in [-0.05, 0) is 30.1 Å². The van der Waals surface area contributed by atoms with E-state index in [4.69, 9.17) is 5.53 Å². The first-order valence-electron chi connectivity index (χ1n) is 4.46. The van der Waals surface area contributed by atoms with Crippen molar-refractivity contribution < 1.29 is 22.0 Å². The SMILES string of the molecule is Cc1ccc(S(=O)(=O)C(CS(=O)[O-])=[N+]=[N-])cc1. The van der Waals surface area contributed by atoms with Crippen molar-refractivity contribution in [3.63, 3.8) is 0 Å². The summed E-state index contributed by atoms with van der Waals surface area (Å²) in [6.07, 6.45) is 0. The molecule has 0 fully saturated rings. The highest BCUT2D eigenvalue weighted by molar-refractivity contribution is 8.07. The van der Waals surface area contributed by atoms with Gasteiger partial charge >= 0.3 is 5.04 Å². The number of sulfone groups is 1. The molecule has 0 aliphatic carbocycles. The molecule has 0 saturated heterocycles. The van der Waals surface area contributed by atoms with Crippen LogP contribution in [0.5, 0.6) is 0 Å². The molecule has 0 aliphatic rings. The van der Waals surface area contributed by atoms with Crippen molar-refractivity contribution in [3.05, 3.63) is 35.4 Å². The van der Waals surface area contributed by atoms with E-state index >= 15 is 0 Å². The Morgan fingerprint density at radius 3 is 2.35 bits per heavy atom. The molecule has 0 bridgehead atoms. The standard InChI is InChI=1S/C9H10N2O4S2/c1-7-2-4-8(5-3-7)17(14,15)9(11-10)6-16(12)13/h2-5H,6H2,1H3,(H,12,13)/p-1. The van der Waals surface area contributed by atoms with Crippen LogP contribution >= 0.6 is 0 Å². The molecule has 92 valence electrons. The second-order valence-electron chi connectivity index (χ2n) is 3.26. The fourth-order valence-electron chi connectivity index (χ4n) is 1.11. The van der Waals surface area contributed by atoms with Gasteiger partial charge in [0.15, 0.2) is 0 Å². The second kappa shape index (κ2) is 5.33. The van der Waals surface area contributed by atoms with Gasteiger partial charge in [-0.1, -0.05) is 17.7 Å². The van der Waals surface area contributed by atoms with Gasteiger partial charge in [0.1, 0.15) is 5.75 Å². The Hall–Kier alpha value is -1.34. The summed E-state index contributed by atoms with van der Waals surface area (Å²) < 4.78 is 44.6. The van der Waals surface area contributed by atoms with E-state index in [9.17, 15) is 17.2 Å². The maximum atomic E-state index is 11.8. The van der Waals surface area contributed by atoms with E-state index in [0.717, 1.165) is 5.56 Å². The number of hydrogen-bond acceptors (Lipinski definition) is 4. The highest BCUT2D eigenvalue weighted by Gasteiger charge is 2.30. The predicted octanol–water partition coefficient (Wildman–Crippen LogP) is 0.276. The summed E-state index contributed by atoms with van der Waals surface area (Å²) >= 11 is -2.64. The number of hydrogen-bond donors (Lipinski definition) is 0. The molecule has 0 aromatic heterocycles. The minimum atomic E-state index is -4.06. The van der Waals surface area contributed by atoms with E-state index in [1.165, 1.54) is 12.1 Å². The van der Waals surface area contributed by atoms with Gasteiger partial charge < -0.3 is 10.1 Å². The van der Waals surface area contributed by atoms with Crippen molar-refractivity contribution in [2.75, 3.05) is 5.75 Å². The first-order chi connectivity index (χ1) is 7.87. The van der Waals surface area contributed by atoms with Crippen molar-refractivity contribution >= 4 is 26.0 Å². The molecule has 0 amide bonds. The molecule has 0 aliphatic heterocycles. The molecule has 6 nitrogen and oxygen atoms in total. The molecule has 0 radical (unpaired) electrons. The molecule has 0 N–H and O–H groups in total. The lowest BCUT2D eigenvalue weighted by Crippen LogP contribution is -2.22. The van der Waals surface area contributed by atoms with Crippen LogP contribution in [0, 0.1) is 6.92 Å². The predicted molar refractivity (Wildman–Crippen MR) is 60.8 cm³/mol. The smallest absolute Gasteiger partial charge is 0.397 e. The molecule has 17 heavy (non-hydrogen) atoms. The maximum absolute atomic E-state index is 11.8. The topological polar surface area (TPSA) is 111 Å². The lowest BCUT2D eigenvalue weighted by Gasteiger charge is -2.03. The van der Waals surface area contributed by atoms with Gasteiger partial charge in [-0.25, -0.2) is 8.42 Å². The third-order valence-corrected chi connectivity index (χ3v) is 4.43. The highest BCUT2D eigenvalue weighted by Crippen LogP contribution is 2.13. The van der Waals surface area contributed by atoms with Gasteiger partial charge in [-0.2, -0.15) is 4.79 Å². The monoisotopic (exact) mass is 273 g/mol. The molecule has 1 aromatic carbocycles. The van der Waals surface area contributed by atoms with Crippen LogP contribution in [0.15, 0.2) is 29.2 Å². The van der Waals surface area contributed by atoms with E-state index < -0.39 is 31.7 Å². The molecule has 1 aromatic rings. The Morgan fingerprint density at radius 2 is 1.94 bits per heavy atom. The lowest BCUT2D eigenvalue weighted by molar-refractivity contribution is -0.000846. The van der Waals surface area contributed by atoms with Gasteiger partial charge in [0.05, 0.1) is 4.90 Å². The minimum absolute atomic E-state index is 0.110. The Labute approximate surface area is 101 Å². The zero-order valence-corrected chi connectivity index (χ0v) is 10.5. The van der Waals surface area contributed by atoms with Crippen LogP contribution in [0.4, 0.5) is 0 Å². The molecular weight excluding hydrogens is 264 g/mol. The van der Waals surface area contributed by atoms with Crippen LogP contribution in [0.3, 0.4) is 0 Å². The van der Waals surface area contributed by atoms with Crippen molar-refractivity contribution in [1.29, 1.82) is 0 Å². The van der Waals surface area contributed by atoms with Crippen LogP contribution in [-0.4, -0.2) is 32.8 Å². The van der Waals surface area contributed by atoms with E-state index in [1.807, 2.05) is 0 Å². The average molecular weight is 273 g/mol. The van der Waals surface area contributed by atoms with Crippen LogP contribution < -0.4 is 0 Å². The third kappa shape index (κ3) is 3.31. The zero-order valence-electron chi connectivity index (χ0n) is 8.86.